The first-order valence-corrected chi connectivity index (χ1v) is 3.32. The lowest BCUT2D eigenvalue weighted by molar-refractivity contribution is 0.524. The summed E-state index contributed by atoms with van der Waals surface area (Å²) in [5.41, 5.74) is 5.50. The second kappa shape index (κ2) is 2.06. The third-order valence-electron chi connectivity index (χ3n) is 1.51. The standard InChI is InChI=1S/C6H13N3/c1-5(7)3-4-6(2)8-9-6/h5H,3-4,7H2,1-2H3. The van der Waals surface area contributed by atoms with E-state index in [1.165, 1.54) is 0 Å². The molecule has 2 N–H and O–H groups in total. The quantitative estimate of drug-likeness (QED) is 0.610. The van der Waals surface area contributed by atoms with Gasteiger partial charge in [-0.2, -0.15) is 10.2 Å². The van der Waals surface area contributed by atoms with Crippen LogP contribution in [0.2, 0.25) is 0 Å². The van der Waals surface area contributed by atoms with E-state index < -0.39 is 0 Å². The van der Waals surface area contributed by atoms with Crippen molar-refractivity contribution >= 4 is 0 Å². The van der Waals surface area contributed by atoms with Crippen LogP contribution < -0.4 is 5.73 Å². The minimum Gasteiger partial charge on any atom is -0.328 e. The second-order valence-electron chi connectivity index (χ2n) is 2.93. The summed E-state index contributed by atoms with van der Waals surface area (Å²) in [5, 5.41) is 7.75. The Kier molecular flexibility index (Phi) is 1.53. The van der Waals surface area contributed by atoms with Crippen LogP contribution in [0.1, 0.15) is 26.7 Å². The molecule has 0 aromatic carbocycles. The average molecular weight is 127 g/mol. The number of nitrogens with zero attached hydrogens (tertiary/aromatic N) is 2. The first-order valence-electron chi connectivity index (χ1n) is 3.32. The van der Waals surface area contributed by atoms with Crippen molar-refractivity contribution in [2.75, 3.05) is 0 Å². The molecule has 0 radical (unpaired) electrons. The van der Waals surface area contributed by atoms with Gasteiger partial charge in [-0.1, -0.05) is 0 Å². The van der Waals surface area contributed by atoms with Crippen molar-refractivity contribution in [3.05, 3.63) is 0 Å². The molecule has 0 bridgehead atoms. The number of hydrogen-bond acceptors (Lipinski definition) is 3. The highest BCUT2D eigenvalue weighted by atomic mass is 15.4. The fourth-order valence-corrected chi connectivity index (χ4v) is 0.686. The molecule has 0 spiro atoms. The zero-order valence-electron chi connectivity index (χ0n) is 5.96. The highest BCUT2D eigenvalue weighted by Gasteiger charge is 2.32. The van der Waals surface area contributed by atoms with E-state index in [1.54, 1.807) is 0 Å². The van der Waals surface area contributed by atoms with E-state index in [0.717, 1.165) is 12.8 Å². The van der Waals surface area contributed by atoms with E-state index in [4.69, 9.17) is 5.73 Å². The fraction of sp³-hybridized carbons (Fsp3) is 1.00. The second-order valence-corrected chi connectivity index (χ2v) is 2.93. The smallest absolute Gasteiger partial charge is 0.188 e. The van der Waals surface area contributed by atoms with Crippen LogP contribution in [0.3, 0.4) is 0 Å². The van der Waals surface area contributed by atoms with Gasteiger partial charge >= 0.3 is 0 Å². The van der Waals surface area contributed by atoms with Crippen molar-refractivity contribution in [1.82, 2.24) is 0 Å². The lowest BCUT2D eigenvalue weighted by atomic mass is 10.1. The van der Waals surface area contributed by atoms with Crippen LogP contribution in [0.4, 0.5) is 0 Å². The van der Waals surface area contributed by atoms with Crippen molar-refractivity contribution in [2.45, 2.75) is 38.4 Å². The van der Waals surface area contributed by atoms with Crippen LogP contribution in [0.25, 0.3) is 0 Å². The Morgan fingerprint density at radius 2 is 2.11 bits per heavy atom. The van der Waals surface area contributed by atoms with Crippen LogP contribution >= 0.6 is 0 Å². The molecule has 1 rings (SSSR count). The summed E-state index contributed by atoms with van der Waals surface area (Å²) in [5.74, 6) is 0. The minimum absolute atomic E-state index is 0.0480. The molecule has 0 saturated heterocycles. The molecule has 1 aliphatic heterocycles. The SMILES string of the molecule is CC(N)CCC1(C)N=N1. The van der Waals surface area contributed by atoms with Crippen molar-refractivity contribution in [3.8, 4) is 0 Å². The molecular weight excluding hydrogens is 114 g/mol. The average Bonchev–Trinajstić information content (AvgIpc) is 2.45. The van der Waals surface area contributed by atoms with Crippen LogP contribution in [0.5, 0.6) is 0 Å². The number of rotatable bonds is 3. The Hall–Kier alpha value is -0.440. The summed E-state index contributed by atoms with van der Waals surface area (Å²) in [4.78, 5) is 0. The molecule has 0 saturated carbocycles. The highest BCUT2D eigenvalue weighted by Crippen LogP contribution is 2.32. The molecular formula is C6H13N3. The Bertz CT molecular complexity index is 122. The lowest BCUT2D eigenvalue weighted by Crippen LogP contribution is -2.17. The molecule has 9 heavy (non-hydrogen) atoms. The Morgan fingerprint density at radius 1 is 1.56 bits per heavy atom. The molecule has 0 aliphatic carbocycles. The Morgan fingerprint density at radius 3 is 2.44 bits per heavy atom. The summed E-state index contributed by atoms with van der Waals surface area (Å²) in [6, 6.07) is 0.285. The van der Waals surface area contributed by atoms with Crippen molar-refractivity contribution in [2.24, 2.45) is 16.0 Å². The topological polar surface area (TPSA) is 50.7 Å². The third-order valence-corrected chi connectivity index (χ3v) is 1.51. The number of hydrogen-bond donors (Lipinski definition) is 1. The Balaban J connectivity index is 2.06. The maximum Gasteiger partial charge on any atom is 0.188 e. The minimum atomic E-state index is -0.0480. The van der Waals surface area contributed by atoms with E-state index in [0.29, 0.717) is 0 Å². The van der Waals surface area contributed by atoms with Gasteiger partial charge < -0.3 is 5.73 Å². The molecule has 1 heterocycles. The van der Waals surface area contributed by atoms with Crippen LogP contribution in [0, 0.1) is 0 Å². The molecule has 0 aromatic heterocycles. The fourth-order valence-electron chi connectivity index (χ4n) is 0.686. The van der Waals surface area contributed by atoms with Crippen LogP contribution in [-0.2, 0) is 0 Å². The van der Waals surface area contributed by atoms with Gasteiger partial charge in [0.05, 0.1) is 0 Å². The van der Waals surface area contributed by atoms with E-state index >= 15 is 0 Å². The molecule has 1 unspecified atom stereocenters. The summed E-state index contributed by atoms with van der Waals surface area (Å²) >= 11 is 0. The van der Waals surface area contributed by atoms with Gasteiger partial charge in [0.25, 0.3) is 0 Å². The molecule has 3 heteroatoms. The summed E-state index contributed by atoms with van der Waals surface area (Å²) in [7, 11) is 0. The van der Waals surface area contributed by atoms with Crippen LogP contribution in [0.15, 0.2) is 10.2 Å². The molecule has 0 amide bonds. The maximum atomic E-state index is 5.54. The van der Waals surface area contributed by atoms with Gasteiger partial charge in [-0.15, -0.1) is 0 Å². The molecule has 52 valence electrons. The van der Waals surface area contributed by atoms with Crippen molar-refractivity contribution in [1.29, 1.82) is 0 Å². The van der Waals surface area contributed by atoms with E-state index in [1.807, 2.05) is 13.8 Å². The monoisotopic (exact) mass is 127 g/mol. The third kappa shape index (κ3) is 2.10. The zero-order valence-corrected chi connectivity index (χ0v) is 5.96. The van der Waals surface area contributed by atoms with E-state index in [9.17, 15) is 0 Å². The molecule has 1 aliphatic rings. The summed E-state index contributed by atoms with van der Waals surface area (Å²) in [6.45, 7) is 4.03. The van der Waals surface area contributed by atoms with Gasteiger partial charge in [-0.3, -0.25) is 0 Å². The summed E-state index contributed by atoms with van der Waals surface area (Å²) < 4.78 is 0. The normalized spacial score (nSPS) is 23.9. The first-order chi connectivity index (χ1) is 4.12. The van der Waals surface area contributed by atoms with Gasteiger partial charge in [0.1, 0.15) is 0 Å². The Labute approximate surface area is 55.3 Å². The van der Waals surface area contributed by atoms with E-state index in [-0.39, 0.29) is 11.7 Å². The van der Waals surface area contributed by atoms with Gasteiger partial charge in [0.2, 0.25) is 0 Å². The first kappa shape index (κ1) is 6.68. The molecule has 0 aromatic rings. The predicted octanol–water partition coefficient (Wildman–Crippen LogP) is 1.30. The maximum absolute atomic E-state index is 5.54. The zero-order chi connectivity index (χ0) is 6.91. The van der Waals surface area contributed by atoms with Gasteiger partial charge in [0, 0.05) is 6.04 Å². The van der Waals surface area contributed by atoms with E-state index in [2.05, 4.69) is 10.2 Å². The number of nitrogens with two attached hydrogens (primary N) is 1. The molecule has 3 nitrogen and oxygen atoms in total. The van der Waals surface area contributed by atoms with Crippen LogP contribution in [-0.4, -0.2) is 11.7 Å². The highest BCUT2D eigenvalue weighted by molar-refractivity contribution is 4.88. The predicted molar refractivity (Wildman–Crippen MR) is 36.1 cm³/mol. The van der Waals surface area contributed by atoms with Crippen molar-refractivity contribution in [3.63, 3.8) is 0 Å². The van der Waals surface area contributed by atoms with Gasteiger partial charge in [-0.25, -0.2) is 0 Å². The largest absolute Gasteiger partial charge is 0.328 e. The molecule has 0 fully saturated rings. The summed E-state index contributed by atoms with van der Waals surface area (Å²) in [6.07, 6.45) is 2.02. The van der Waals surface area contributed by atoms with Crippen molar-refractivity contribution < 1.29 is 0 Å². The van der Waals surface area contributed by atoms with Gasteiger partial charge in [0.15, 0.2) is 5.66 Å². The molecule has 1 atom stereocenters. The lowest BCUT2D eigenvalue weighted by Gasteiger charge is -2.05. The van der Waals surface area contributed by atoms with Gasteiger partial charge in [-0.05, 0) is 26.7 Å².